The molecule has 8 nitrogen and oxygen atoms in total. The number of hydrogen-bond acceptors (Lipinski definition) is 5. The topological polar surface area (TPSA) is 116 Å². The predicted molar refractivity (Wildman–Crippen MR) is 140 cm³/mol. The first-order valence-electron chi connectivity index (χ1n) is 12.4. The van der Waals surface area contributed by atoms with Gasteiger partial charge in [-0.15, -0.1) is 0 Å². The summed E-state index contributed by atoms with van der Waals surface area (Å²) in [6.45, 7) is 7.35. The summed E-state index contributed by atoms with van der Waals surface area (Å²) in [6, 6.07) is 17.0. The number of rotatable bonds is 14. The van der Waals surface area contributed by atoms with Crippen molar-refractivity contribution < 1.29 is 19.2 Å². The van der Waals surface area contributed by atoms with E-state index >= 15 is 0 Å². The molecule has 0 saturated heterocycles. The molecule has 0 aliphatic rings. The maximum absolute atomic E-state index is 13.4. The Labute approximate surface area is 213 Å². The summed E-state index contributed by atoms with van der Waals surface area (Å²) in [5.41, 5.74) is 1.74. The Morgan fingerprint density at radius 3 is 1.64 bits per heavy atom. The summed E-state index contributed by atoms with van der Waals surface area (Å²) in [5.74, 6) is -1.54. The van der Waals surface area contributed by atoms with E-state index in [2.05, 4.69) is 21.3 Å². The van der Waals surface area contributed by atoms with E-state index in [1.807, 2.05) is 74.5 Å². The van der Waals surface area contributed by atoms with Gasteiger partial charge in [0.25, 0.3) is 0 Å². The Morgan fingerprint density at radius 1 is 0.667 bits per heavy atom. The van der Waals surface area contributed by atoms with E-state index in [9.17, 15) is 19.2 Å². The highest BCUT2D eigenvalue weighted by Gasteiger charge is 2.27. The molecule has 0 fully saturated rings. The van der Waals surface area contributed by atoms with Crippen LogP contribution in [0.4, 0.5) is 0 Å². The maximum Gasteiger partial charge on any atom is 0.243 e. The van der Waals surface area contributed by atoms with Crippen LogP contribution in [0.3, 0.4) is 0 Å². The summed E-state index contributed by atoms with van der Waals surface area (Å²) < 4.78 is 0. The molecule has 0 bridgehead atoms. The highest BCUT2D eigenvalue weighted by atomic mass is 16.2. The third kappa shape index (κ3) is 10.4. The highest BCUT2D eigenvalue weighted by Crippen LogP contribution is 2.07. The van der Waals surface area contributed by atoms with Crippen molar-refractivity contribution in [3.05, 3.63) is 71.8 Å². The highest BCUT2D eigenvalue weighted by molar-refractivity contribution is 5.94. The lowest BCUT2D eigenvalue weighted by atomic mass is 10.0. The van der Waals surface area contributed by atoms with Crippen LogP contribution in [0.5, 0.6) is 0 Å². The first-order chi connectivity index (χ1) is 17.2. The van der Waals surface area contributed by atoms with Crippen LogP contribution in [0.1, 0.15) is 38.8 Å². The van der Waals surface area contributed by atoms with Gasteiger partial charge in [0, 0.05) is 24.8 Å². The molecule has 8 heteroatoms. The van der Waals surface area contributed by atoms with Crippen molar-refractivity contribution in [2.24, 2.45) is 5.92 Å². The van der Waals surface area contributed by atoms with Crippen LogP contribution in [0.2, 0.25) is 0 Å². The molecule has 2 aromatic rings. The van der Waals surface area contributed by atoms with Crippen LogP contribution in [-0.2, 0) is 32.0 Å². The van der Waals surface area contributed by atoms with Gasteiger partial charge in [-0.05, 0) is 11.1 Å². The minimum atomic E-state index is -0.913. The van der Waals surface area contributed by atoms with E-state index in [1.54, 1.807) is 13.8 Å². The summed E-state index contributed by atoms with van der Waals surface area (Å²) in [5, 5.41) is 11.3. The summed E-state index contributed by atoms with van der Waals surface area (Å²) in [6.07, 6.45) is 0.515. The minimum Gasteiger partial charge on any atom is -0.347 e. The molecule has 2 atom stereocenters. The molecular formula is C28H38N4O4. The molecular weight excluding hydrogens is 456 g/mol. The Morgan fingerprint density at radius 2 is 1.17 bits per heavy atom. The minimum absolute atomic E-state index is 0.0709. The second-order valence-corrected chi connectivity index (χ2v) is 9.44. The number of hydrogen-bond donors (Lipinski definition) is 4. The lowest BCUT2D eigenvalue weighted by Gasteiger charge is -2.24. The van der Waals surface area contributed by atoms with Crippen molar-refractivity contribution in [1.29, 1.82) is 0 Å². The molecule has 0 aromatic heterocycles. The zero-order chi connectivity index (χ0) is 26.5. The van der Waals surface area contributed by atoms with Crippen molar-refractivity contribution in [2.45, 2.75) is 58.7 Å². The normalized spacial score (nSPS) is 12.6. The molecule has 0 heterocycles. The zero-order valence-electron chi connectivity index (χ0n) is 21.5. The van der Waals surface area contributed by atoms with E-state index in [-0.39, 0.29) is 49.6 Å². The molecule has 2 aromatic carbocycles. The standard InChI is InChI=1S/C28H38N4O4/c1-19(2)25(33)17-30-27(35)23(15-21-11-7-5-8-12-21)32-28(36)24(16-22-13-9-6-10-14-22)31-26(34)18-29-20(3)4/h5-14,19-20,23-24,29H,15-18H2,1-4H3,(H,30,35)(H,31,34)(H,32,36)/t23-,24-/m0/s1. The Hall–Kier alpha value is -3.52. The second kappa shape index (κ2) is 14.8. The van der Waals surface area contributed by atoms with Gasteiger partial charge >= 0.3 is 0 Å². The third-order valence-electron chi connectivity index (χ3n) is 5.60. The van der Waals surface area contributed by atoms with Gasteiger partial charge in [-0.1, -0.05) is 88.4 Å². The number of ketones is 1. The molecule has 3 amide bonds. The molecule has 194 valence electrons. The van der Waals surface area contributed by atoms with Crippen LogP contribution >= 0.6 is 0 Å². The summed E-state index contributed by atoms with van der Waals surface area (Å²) in [7, 11) is 0. The van der Waals surface area contributed by atoms with Gasteiger partial charge in [0.2, 0.25) is 17.7 Å². The molecule has 0 aliphatic heterocycles. The quantitative estimate of drug-likeness (QED) is 0.320. The Bertz CT molecular complexity index is 993. The fraction of sp³-hybridized carbons (Fsp3) is 0.429. The smallest absolute Gasteiger partial charge is 0.243 e. The van der Waals surface area contributed by atoms with E-state index in [0.717, 1.165) is 11.1 Å². The number of carbonyl (C=O) groups is 4. The van der Waals surface area contributed by atoms with Gasteiger partial charge in [-0.3, -0.25) is 19.2 Å². The van der Waals surface area contributed by atoms with Gasteiger partial charge < -0.3 is 21.3 Å². The van der Waals surface area contributed by atoms with Crippen molar-refractivity contribution in [3.63, 3.8) is 0 Å². The van der Waals surface area contributed by atoms with Crippen LogP contribution < -0.4 is 21.3 Å². The first kappa shape index (κ1) is 28.7. The average Bonchev–Trinajstić information content (AvgIpc) is 2.86. The van der Waals surface area contributed by atoms with Crippen molar-refractivity contribution in [2.75, 3.05) is 13.1 Å². The van der Waals surface area contributed by atoms with E-state index in [1.165, 1.54) is 0 Å². The maximum atomic E-state index is 13.4. The van der Waals surface area contributed by atoms with Crippen LogP contribution in [0.15, 0.2) is 60.7 Å². The third-order valence-corrected chi connectivity index (χ3v) is 5.60. The zero-order valence-corrected chi connectivity index (χ0v) is 21.5. The number of benzene rings is 2. The monoisotopic (exact) mass is 494 g/mol. The Kier molecular flexibility index (Phi) is 11.8. The van der Waals surface area contributed by atoms with Crippen molar-refractivity contribution in [1.82, 2.24) is 21.3 Å². The lowest BCUT2D eigenvalue weighted by molar-refractivity contribution is -0.132. The molecule has 0 aliphatic carbocycles. The van der Waals surface area contributed by atoms with Crippen LogP contribution in [0.25, 0.3) is 0 Å². The SMILES string of the molecule is CC(C)NCC(=O)N[C@@H](Cc1ccccc1)C(=O)N[C@@H](Cc1ccccc1)C(=O)NCC(=O)C(C)C. The molecule has 4 N–H and O–H groups in total. The molecule has 0 radical (unpaired) electrons. The van der Waals surface area contributed by atoms with Crippen LogP contribution in [0, 0.1) is 5.92 Å². The number of Topliss-reactive ketones (excluding diaryl/α,β-unsaturated/α-hetero) is 1. The fourth-order valence-electron chi connectivity index (χ4n) is 3.43. The average molecular weight is 495 g/mol. The van der Waals surface area contributed by atoms with E-state index in [0.29, 0.717) is 0 Å². The number of carbonyl (C=O) groups excluding carboxylic acids is 4. The number of nitrogens with one attached hydrogen (secondary N) is 4. The van der Waals surface area contributed by atoms with Crippen LogP contribution in [-0.4, -0.2) is 54.7 Å². The Balaban J connectivity index is 2.19. The fourth-order valence-corrected chi connectivity index (χ4v) is 3.43. The second-order valence-electron chi connectivity index (χ2n) is 9.44. The van der Waals surface area contributed by atoms with Gasteiger partial charge in [0.1, 0.15) is 12.1 Å². The molecule has 2 rings (SSSR count). The largest absolute Gasteiger partial charge is 0.347 e. The van der Waals surface area contributed by atoms with Gasteiger partial charge in [0.15, 0.2) is 5.78 Å². The van der Waals surface area contributed by atoms with Gasteiger partial charge in [0.05, 0.1) is 13.1 Å². The number of amides is 3. The molecule has 0 spiro atoms. The van der Waals surface area contributed by atoms with Crippen molar-refractivity contribution in [3.8, 4) is 0 Å². The lowest BCUT2D eigenvalue weighted by Crippen LogP contribution is -2.56. The van der Waals surface area contributed by atoms with E-state index in [4.69, 9.17) is 0 Å². The molecule has 0 unspecified atom stereocenters. The summed E-state index contributed by atoms with van der Waals surface area (Å²) in [4.78, 5) is 51.0. The van der Waals surface area contributed by atoms with Gasteiger partial charge in [-0.2, -0.15) is 0 Å². The predicted octanol–water partition coefficient (Wildman–Crippen LogP) is 1.78. The van der Waals surface area contributed by atoms with Gasteiger partial charge in [-0.25, -0.2) is 0 Å². The van der Waals surface area contributed by atoms with E-state index < -0.39 is 23.9 Å². The molecule has 36 heavy (non-hydrogen) atoms. The first-order valence-corrected chi connectivity index (χ1v) is 12.4. The molecule has 0 saturated carbocycles. The van der Waals surface area contributed by atoms with Crippen molar-refractivity contribution >= 4 is 23.5 Å². The summed E-state index contributed by atoms with van der Waals surface area (Å²) >= 11 is 0.